The summed E-state index contributed by atoms with van der Waals surface area (Å²) < 4.78 is 0. The van der Waals surface area contributed by atoms with E-state index in [0.29, 0.717) is 6.04 Å². The highest BCUT2D eigenvalue weighted by molar-refractivity contribution is 6.03. The number of carbonyl (C=O) groups is 1. The van der Waals surface area contributed by atoms with Crippen molar-refractivity contribution in [2.24, 2.45) is 5.92 Å². The molecule has 4 heteroatoms. The number of carbonyl (C=O) groups excluding carboxylic acids is 1. The van der Waals surface area contributed by atoms with Gasteiger partial charge in [0.1, 0.15) is 6.04 Å². The van der Waals surface area contributed by atoms with Crippen LogP contribution in [0.2, 0.25) is 0 Å². The largest absolute Gasteiger partial charge is 0.368 e. The van der Waals surface area contributed by atoms with Gasteiger partial charge in [-0.15, -0.1) is 0 Å². The number of likely N-dealkylation sites (N-methyl/N-ethyl adjacent to an activating group) is 1. The van der Waals surface area contributed by atoms with Gasteiger partial charge in [-0.1, -0.05) is 13.0 Å². The Hall–Kier alpha value is -1.55. The molecule has 3 rings (SSSR count). The van der Waals surface area contributed by atoms with Crippen LogP contribution in [0.25, 0.3) is 0 Å². The first-order valence-corrected chi connectivity index (χ1v) is 6.99. The van der Waals surface area contributed by atoms with Crippen LogP contribution in [0.1, 0.15) is 31.9 Å². The number of amides is 1. The average molecular weight is 259 g/mol. The lowest BCUT2D eigenvalue weighted by Crippen LogP contribution is -2.26. The van der Waals surface area contributed by atoms with Crippen LogP contribution in [0.3, 0.4) is 0 Å². The topological polar surface area (TPSA) is 44.4 Å². The predicted molar refractivity (Wildman–Crippen MR) is 77.5 cm³/mol. The Kier molecular flexibility index (Phi) is 2.97. The maximum atomic E-state index is 11.8. The van der Waals surface area contributed by atoms with Crippen molar-refractivity contribution in [3.05, 3.63) is 23.8 Å². The van der Waals surface area contributed by atoms with Crippen molar-refractivity contribution in [3.8, 4) is 0 Å². The van der Waals surface area contributed by atoms with Gasteiger partial charge in [0.2, 0.25) is 5.91 Å². The molecular formula is C15H21N3O. The van der Waals surface area contributed by atoms with Crippen LogP contribution in [-0.4, -0.2) is 25.5 Å². The van der Waals surface area contributed by atoms with E-state index in [0.717, 1.165) is 23.7 Å². The van der Waals surface area contributed by atoms with Crippen molar-refractivity contribution in [1.82, 2.24) is 5.32 Å². The number of fused-ring (bicyclic) bond motifs is 1. The van der Waals surface area contributed by atoms with E-state index in [9.17, 15) is 4.79 Å². The zero-order valence-electron chi connectivity index (χ0n) is 11.7. The fraction of sp³-hybridized carbons (Fsp3) is 0.533. The first-order chi connectivity index (χ1) is 9.10. The molecule has 1 amide bonds. The molecule has 0 aliphatic carbocycles. The molecule has 1 aromatic rings. The molecule has 102 valence electrons. The third-order valence-electron chi connectivity index (χ3n) is 4.27. The van der Waals surface area contributed by atoms with Crippen molar-refractivity contribution in [1.29, 1.82) is 0 Å². The maximum Gasteiger partial charge on any atom is 0.246 e. The van der Waals surface area contributed by atoms with E-state index in [1.807, 2.05) is 7.05 Å². The summed E-state index contributed by atoms with van der Waals surface area (Å²) in [5, 5.41) is 6.01. The number of nitrogens with zero attached hydrogens (tertiary/aromatic N) is 1. The molecule has 2 aliphatic rings. The van der Waals surface area contributed by atoms with E-state index in [2.05, 4.69) is 47.6 Å². The molecule has 0 bridgehead atoms. The second kappa shape index (κ2) is 4.53. The molecule has 3 atom stereocenters. The number of hydrogen-bond acceptors (Lipinski definition) is 3. The summed E-state index contributed by atoms with van der Waals surface area (Å²) in [6.07, 6.45) is 1.24. The molecule has 0 aromatic heterocycles. The van der Waals surface area contributed by atoms with Gasteiger partial charge in [0, 0.05) is 29.5 Å². The van der Waals surface area contributed by atoms with Crippen molar-refractivity contribution in [2.45, 2.75) is 32.4 Å². The quantitative estimate of drug-likeness (QED) is 0.855. The van der Waals surface area contributed by atoms with E-state index in [1.54, 1.807) is 0 Å². The normalized spacial score (nSPS) is 29.5. The third-order valence-corrected chi connectivity index (χ3v) is 4.27. The van der Waals surface area contributed by atoms with Gasteiger partial charge in [-0.3, -0.25) is 4.79 Å². The van der Waals surface area contributed by atoms with Gasteiger partial charge in [0.05, 0.1) is 0 Å². The van der Waals surface area contributed by atoms with Crippen LogP contribution in [0.15, 0.2) is 18.2 Å². The summed E-state index contributed by atoms with van der Waals surface area (Å²) in [4.78, 5) is 14.3. The Morgan fingerprint density at radius 1 is 1.37 bits per heavy atom. The zero-order chi connectivity index (χ0) is 13.6. The van der Waals surface area contributed by atoms with E-state index in [-0.39, 0.29) is 11.9 Å². The molecule has 2 heterocycles. The predicted octanol–water partition coefficient (Wildman–Crippen LogP) is 2.13. The second-order valence-electron chi connectivity index (χ2n) is 5.82. The van der Waals surface area contributed by atoms with Crippen LogP contribution < -0.4 is 15.5 Å². The Balaban J connectivity index is 1.91. The highest BCUT2D eigenvalue weighted by Crippen LogP contribution is 2.36. The van der Waals surface area contributed by atoms with Crippen molar-refractivity contribution >= 4 is 17.3 Å². The SMILES string of the molecule is CNC1C(=O)Nc2cc(N3CC(C)CC3C)ccc21. The first kappa shape index (κ1) is 12.5. The van der Waals surface area contributed by atoms with Gasteiger partial charge in [0.15, 0.2) is 0 Å². The van der Waals surface area contributed by atoms with Crippen molar-refractivity contribution < 1.29 is 4.79 Å². The molecule has 1 fully saturated rings. The van der Waals surface area contributed by atoms with Crippen LogP contribution >= 0.6 is 0 Å². The van der Waals surface area contributed by atoms with E-state index < -0.39 is 0 Å². The molecule has 0 spiro atoms. The van der Waals surface area contributed by atoms with Crippen LogP contribution in [0.5, 0.6) is 0 Å². The molecule has 2 aliphatic heterocycles. The van der Waals surface area contributed by atoms with Gasteiger partial charge in [-0.05, 0) is 38.4 Å². The molecule has 1 saturated heterocycles. The first-order valence-electron chi connectivity index (χ1n) is 6.99. The summed E-state index contributed by atoms with van der Waals surface area (Å²) in [5.74, 6) is 0.778. The Morgan fingerprint density at radius 2 is 2.16 bits per heavy atom. The fourth-order valence-electron chi connectivity index (χ4n) is 3.38. The van der Waals surface area contributed by atoms with Gasteiger partial charge >= 0.3 is 0 Å². The summed E-state index contributed by atoms with van der Waals surface area (Å²) >= 11 is 0. The van der Waals surface area contributed by atoms with Crippen LogP contribution in [-0.2, 0) is 4.79 Å². The lowest BCUT2D eigenvalue weighted by Gasteiger charge is -2.24. The standard InChI is InChI=1S/C15H21N3O/c1-9-6-10(2)18(8-9)11-4-5-12-13(7-11)17-15(19)14(12)16-3/h4-5,7,9-10,14,16H,6,8H2,1-3H3,(H,17,19). The highest BCUT2D eigenvalue weighted by atomic mass is 16.2. The Morgan fingerprint density at radius 3 is 2.79 bits per heavy atom. The maximum absolute atomic E-state index is 11.8. The van der Waals surface area contributed by atoms with Gasteiger partial charge in [-0.25, -0.2) is 0 Å². The molecule has 4 nitrogen and oxygen atoms in total. The van der Waals surface area contributed by atoms with Gasteiger partial charge in [0.25, 0.3) is 0 Å². The third kappa shape index (κ3) is 2.00. The van der Waals surface area contributed by atoms with E-state index in [4.69, 9.17) is 0 Å². The fourth-order valence-corrected chi connectivity index (χ4v) is 3.38. The molecule has 0 radical (unpaired) electrons. The van der Waals surface area contributed by atoms with Crippen molar-refractivity contribution in [3.63, 3.8) is 0 Å². The van der Waals surface area contributed by atoms with E-state index in [1.165, 1.54) is 12.1 Å². The van der Waals surface area contributed by atoms with E-state index >= 15 is 0 Å². The highest BCUT2D eigenvalue weighted by Gasteiger charge is 2.31. The van der Waals surface area contributed by atoms with Gasteiger partial charge in [-0.2, -0.15) is 0 Å². The number of nitrogens with one attached hydrogen (secondary N) is 2. The molecular weight excluding hydrogens is 238 g/mol. The molecule has 1 aromatic carbocycles. The molecule has 19 heavy (non-hydrogen) atoms. The smallest absolute Gasteiger partial charge is 0.246 e. The minimum atomic E-state index is -0.209. The van der Waals surface area contributed by atoms with Gasteiger partial charge < -0.3 is 15.5 Å². The zero-order valence-corrected chi connectivity index (χ0v) is 11.7. The molecule has 2 N–H and O–H groups in total. The minimum Gasteiger partial charge on any atom is -0.368 e. The monoisotopic (exact) mass is 259 g/mol. The number of hydrogen-bond donors (Lipinski definition) is 2. The Labute approximate surface area is 114 Å². The minimum absolute atomic E-state index is 0.0393. The number of rotatable bonds is 2. The summed E-state index contributed by atoms with van der Waals surface area (Å²) in [6.45, 7) is 5.66. The summed E-state index contributed by atoms with van der Waals surface area (Å²) in [5.41, 5.74) is 3.22. The second-order valence-corrected chi connectivity index (χ2v) is 5.82. The lowest BCUT2D eigenvalue weighted by molar-refractivity contribution is -0.117. The van der Waals surface area contributed by atoms with Crippen molar-refractivity contribution in [2.75, 3.05) is 23.8 Å². The summed E-state index contributed by atoms with van der Waals surface area (Å²) in [6, 6.07) is 6.68. The average Bonchev–Trinajstić information content (AvgIpc) is 2.86. The lowest BCUT2D eigenvalue weighted by atomic mass is 10.1. The number of anilines is 2. The Bertz CT molecular complexity index is 514. The van der Waals surface area contributed by atoms with Crippen LogP contribution in [0, 0.1) is 5.92 Å². The number of benzene rings is 1. The molecule has 0 saturated carbocycles. The van der Waals surface area contributed by atoms with Crippen LogP contribution in [0.4, 0.5) is 11.4 Å². The molecule has 3 unspecified atom stereocenters. The summed E-state index contributed by atoms with van der Waals surface area (Å²) in [7, 11) is 1.82.